The van der Waals surface area contributed by atoms with E-state index in [0.29, 0.717) is 6.04 Å². The molecule has 0 fully saturated rings. The number of halogens is 2. The molecule has 2 rings (SSSR count). The van der Waals surface area contributed by atoms with E-state index in [1.54, 1.807) is 11.3 Å². The fraction of sp³-hybridized carbons (Fsp3) is 0.500. The monoisotopic (exact) mass is 365 g/mol. The molecule has 0 aromatic carbocycles. The minimum Gasteiger partial charge on any atom is -0.339 e. The number of likely N-dealkylation sites (N-methyl/N-ethyl adjacent to an activating group) is 1. The van der Waals surface area contributed by atoms with E-state index in [1.807, 2.05) is 7.05 Å². The van der Waals surface area contributed by atoms with Crippen molar-refractivity contribution in [3.63, 3.8) is 0 Å². The van der Waals surface area contributed by atoms with Crippen LogP contribution in [0.5, 0.6) is 0 Å². The summed E-state index contributed by atoms with van der Waals surface area (Å²) in [5.41, 5.74) is 0. The van der Waals surface area contributed by atoms with E-state index in [4.69, 9.17) is 4.52 Å². The topological polar surface area (TPSA) is 51.0 Å². The van der Waals surface area contributed by atoms with E-state index in [2.05, 4.69) is 49.8 Å². The molecule has 0 saturated heterocycles. The second-order valence-corrected chi connectivity index (χ2v) is 6.14. The predicted molar refractivity (Wildman–Crippen MR) is 83.2 cm³/mol. The van der Waals surface area contributed by atoms with Crippen LogP contribution in [0.4, 0.5) is 0 Å². The van der Waals surface area contributed by atoms with Gasteiger partial charge in [0.05, 0.1) is 0 Å². The third-order valence-corrected chi connectivity index (χ3v) is 4.46. The first-order chi connectivity index (χ1) is 8.67. The Labute approximate surface area is 131 Å². The maximum Gasteiger partial charge on any atom is 0.227 e. The summed E-state index contributed by atoms with van der Waals surface area (Å²) in [6.07, 6.45) is 2.54. The standard InChI is InChI=1S/C12H16BrN3OS.ClH/c1-8(14-2)5-11-15-12(17-16-11)4-3-10-6-9(13)7-18-10;/h6-8,14H,3-5H2,1-2H3;1H. The van der Waals surface area contributed by atoms with Gasteiger partial charge >= 0.3 is 0 Å². The number of nitrogens with zero attached hydrogens (tertiary/aromatic N) is 2. The van der Waals surface area contributed by atoms with Crippen molar-refractivity contribution in [1.82, 2.24) is 15.5 Å². The van der Waals surface area contributed by atoms with Gasteiger partial charge in [0.2, 0.25) is 5.89 Å². The van der Waals surface area contributed by atoms with E-state index in [1.165, 1.54) is 4.88 Å². The second-order valence-electron chi connectivity index (χ2n) is 4.23. The Bertz CT molecular complexity index is 503. The van der Waals surface area contributed by atoms with Crippen LogP contribution in [0, 0.1) is 0 Å². The van der Waals surface area contributed by atoms with E-state index in [0.717, 1.165) is 35.5 Å². The number of hydrogen-bond acceptors (Lipinski definition) is 5. The zero-order chi connectivity index (χ0) is 13.0. The van der Waals surface area contributed by atoms with Crippen molar-refractivity contribution >= 4 is 39.7 Å². The van der Waals surface area contributed by atoms with Crippen molar-refractivity contribution in [2.75, 3.05) is 7.05 Å². The average Bonchev–Trinajstić information content (AvgIpc) is 2.96. The smallest absolute Gasteiger partial charge is 0.227 e. The van der Waals surface area contributed by atoms with Crippen LogP contribution in [0.1, 0.15) is 23.5 Å². The fourth-order valence-corrected chi connectivity index (χ4v) is 3.02. The highest BCUT2D eigenvalue weighted by molar-refractivity contribution is 9.10. The molecule has 7 heteroatoms. The van der Waals surface area contributed by atoms with Crippen LogP contribution in [0.2, 0.25) is 0 Å². The number of aryl methyl sites for hydroxylation is 2. The van der Waals surface area contributed by atoms with Crippen LogP contribution in [-0.2, 0) is 19.3 Å². The Morgan fingerprint density at radius 3 is 2.89 bits per heavy atom. The van der Waals surface area contributed by atoms with E-state index >= 15 is 0 Å². The molecule has 0 aliphatic carbocycles. The average molecular weight is 367 g/mol. The van der Waals surface area contributed by atoms with Gasteiger partial charge in [0.15, 0.2) is 5.82 Å². The lowest BCUT2D eigenvalue weighted by Crippen LogP contribution is -2.24. The van der Waals surface area contributed by atoms with Crippen LogP contribution in [0.15, 0.2) is 20.4 Å². The van der Waals surface area contributed by atoms with E-state index in [-0.39, 0.29) is 12.4 Å². The van der Waals surface area contributed by atoms with Crippen LogP contribution < -0.4 is 5.32 Å². The molecule has 2 aromatic rings. The van der Waals surface area contributed by atoms with E-state index < -0.39 is 0 Å². The first kappa shape index (κ1) is 16.6. The largest absolute Gasteiger partial charge is 0.339 e. The SMILES string of the molecule is CNC(C)Cc1noc(CCc2cc(Br)cs2)n1.Cl. The number of aromatic nitrogens is 2. The molecule has 4 nitrogen and oxygen atoms in total. The molecule has 0 radical (unpaired) electrons. The summed E-state index contributed by atoms with van der Waals surface area (Å²) in [5.74, 6) is 1.50. The van der Waals surface area contributed by atoms with Crippen LogP contribution in [0.25, 0.3) is 0 Å². The maximum atomic E-state index is 5.24. The van der Waals surface area contributed by atoms with Crippen LogP contribution >= 0.6 is 39.7 Å². The zero-order valence-corrected chi connectivity index (χ0v) is 14.1. The van der Waals surface area contributed by atoms with Crippen molar-refractivity contribution in [2.45, 2.75) is 32.2 Å². The minimum absolute atomic E-state index is 0. The number of rotatable bonds is 6. The highest BCUT2D eigenvalue weighted by atomic mass is 79.9. The molecule has 106 valence electrons. The van der Waals surface area contributed by atoms with Crippen molar-refractivity contribution in [3.05, 3.63) is 32.5 Å². The van der Waals surface area contributed by atoms with Gasteiger partial charge in [-0.2, -0.15) is 4.98 Å². The molecule has 2 heterocycles. The molecule has 1 atom stereocenters. The lowest BCUT2D eigenvalue weighted by Gasteiger charge is -2.04. The molecule has 19 heavy (non-hydrogen) atoms. The van der Waals surface area contributed by atoms with Gasteiger partial charge in [-0.05, 0) is 42.4 Å². The molecule has 0 spiro atoms. The summed E-state index contributed by atoms with van der Waals surface area (Å²) in [6, 6.07) is 2.49. The predicted octanol–water partition coefficient (Wildman–Crippen LogP) is 3.25. The van der Waals surface area contributed by atoms with Gasteiger partial charge in [0, 0.05) is 33.6 Å². The third-order valence-electron chi connectivity index (χ3n) is 2.70. The minimum atomic E-state index is 0. The van der Waals surface area contributed by atoms with Gasteiger partial charge in [-0.15, -0.1) is 23.7 Å². The lowest BCUT2D eigenvalue weighted by atomic mass is 10.2. The molecular weight excluding hydrogens is 350 g/mol. The quantitative estimate of drug-likeness (QED) is 0.852. The Hall–Kier alpha value is -0.430. The first-order valence-corrected chi connectivity index (χ1v) is 7.56. The summed E-state index contributed by atoms with van der Waals surface area (Å²) in [7, 11) is 1.93. The van der Waals surface area contributed by atoms with Gasteiger partial charge in [0.25, 0.3) is 0 Å². The summed E-state index contributed by atoms with van der Waals surface area (Å²) < 4.78 is 6.38. The lowest BCUT2D eigenvalue weighted by molar-refractivity contribution is 0.371. The van der Waals surface area contributed by atoms with E-state index in [9.17, 15) is 0 Å². The maximum absolute atomic E-state index is 5.24. The van der Waals surface area contributed by atoms with Crippen molar-refractivity contribution in [3.8, 4) is 0 Å². The Balaban J connectivity index is 0.00000180. The molecular formula is C12H17BrClN3OS. The zero-order valence-electron chi connectivity index (χ0n) is 10.9. The van der Waals surface area contributed by atoms with Crippen LogP contribution in [-0.4, -0.2) is 23.2 Å². The highest BCUT2D eigenvalue weighted by Gasteiger charge is 2.09. The van der Waals surface area contributed by atoms with Gasteiger partial charge in [-0.1, -0.05) is 5.16 Å². The van der Waals surface area contributed by atoms with Gasteiger partial charge in [0.1, 0.15) is 0 Å². The van der Waals surface area contributed by atoms with Gasteiger partial charge < -0.3 is 9.84 Å². The van der Waals surface area contributed by atoms with Gasteiger partial charge in [-0.3, -0.25) is 0 Å². The summed E-state index contributed by atoms with van der Waals surface area (Å²) >= 11 is 5.19. The number of hydrogen-bond donors (Lipinski definition) is 1. The summed E-state index contributed by atoms with van der Waals surface area (Å²) in [6.45, 7) is 2.10. The van der Waals surface area contributed by atoms with Crippen LogP contribution in [0.3, 0.4) is 0 Å². The highest BCUT2D eigenvalue weighted by Crippen LogP contribution is 2.21. The van der Waals surface area contributed by atoms with Crippen molar-refractivity contribution in [1.29, 1.82) is 0 Å². The summed E-state index contributed by atoms with van der Waals surface area (Å²) in [5, 5.41) is 9.23. The van der Waals surface area contributed by atoms with Gasteiger partial charge in [-0.25, -0.2) is 0 Å². The number of nitrogens with one attached hydrogen (secondary N) is 1. The number of thiophene rings is 1. The molecule has 0 aliphatic heterocycles. The Morgan fingerprint density at radius 2 is 2.26 bits per heavy atom. The summed E-state index contributed by atoms with van der Waals surface area (Å²) in [4.78, 5) is 5.72. The molecule has 2 aromatic heterocycles. The molecule has 1 N–H and O–H groups in total. The Morgan fingerprint density at radius 1 is 1.47 bits per heavy atom. The molecule has 0 bridgehead atoms. The van der Waals surface area contributed by atoms with Crippen molar-refractivity contribution < 1.29 is 4.52 Å². The normalized spacial score (nSPS) is 12.2. The fourth-order valence-electron chi connectivity index (χ4n) is 1.57. The molecule has 1 unspecified atom stereocenters. The Kier molecular flexibility index (Phi) is 6.99. The second kappa shape index (κ2) is 7.99. The first-order valence-electron chi connectivity index (χ1n) is 5.89. The van der Waals surface area contributed by atoms with Crippen molar-refractivity contribution in [2.24, 2.45) is 0 Å². The third kappa shape index (κ3) is 5.22. The molecule has 0 aliphatic rings. The molecule has 0 saturated carbocycles. The molecule has 0 amide bonds.